The van der Waals surface area contributed by atoms with Crippen LogP contribution in [0.3, 0.4) is 0 Å². The minimum atomic E-state index is -3.14. The van der Waals surface area contributed by atoms with Gasteiger partial charge in [-0.25, -0.2) is 12.7 Å². The summed E-state index contributed by atoms with van der Waals surface area (Å²) in [5, 5.41) is 6.21. The molecule has 6 nitrogen and oxygen atoms in total. The van der Waals surface area contributed by atoms with Crippen molar-refractivity contribution < 1.29 is 8.42 Å². The quantitative estimate of drug-likeness (QED) is 0.356. The Labute approximate surface area is 150 Å². The van der Waals surface area contributed by atoms with Gasteiger partial charge < -0.3 is 10.6 Å². The van der Waals surface area contributed by atoms with Crippen LogP contribution in [0.15, 0.2) is 4.99 Å². The lowest BCUT2D eigenvalue weighted by atomic mass is 10.2. The molecule has 1 fully saturated rings. The van der Waals surface area contributed by atoms with Gasteiger partial charge in [0.15, 0.2) is 5.96 Å². The normalized spacial score (nSPS) is 17.4. The van der Waals surface area contributed by atoms with Crippen LogP contribution in [0.25, 0.3) is 0 Å². The van der Waals surface area contributed by atoms with Crippen LogP contribution in [0.2, 0.25) is 0 Å². The molecule has 1 rings (SSSR count). The highest BCUT2D eigenvalue weighted by molar-refractivity contribution is 14.0. The first-order chi connectivity index (χ1) is 9.45. The maximum atomic E-state index is 12.1. The van der Waals surface area contributed by atoms with E-state index in [9.17, 15) is 8.42 Å². The van der Waals surface area contributed by atoms with E-state index in [0.29, 0.717) is 31.5 Å². The second-order valence-electron chi connectivity index (χ2n) is 5.10. The van der Waals surface area contributed by atoms with Crippen LogP contribution in [0.4, 0.5) is 0 Å². The van der Waals surface area contributed by atoms with Crippen LogP contribution in [0.5, 0.6) is 0 Å². The Morgan fingerprint density at radius 2 is 1.90 bits per heavy atom. The van der Waals surface area contributed by atoms with Gasteiger partial charge in [-0.05, 0) is 5.92 Å². The number of thioether (sulfide) groups is 1. The summed E-state index contributed by atoms with van der Waals surface area (Å²) >= 11 is 1.81. The molecule has 0 unspecified atom stereocenters. The Morgan fingerprint density at radius 1 is 1.29 bits per heavy atom. The number of halogens is 1. The lowest BCUT2D eigenvalue weighted by Crippen LogP contribution is -2.44. The third-order valence-corrected chi connectivity index (χ3v) is 5.73. The molecule has 1 aliphatic rings. The molecule has 0 amide bonds. The molecule has 1 saturated heterocycles. The van der Waals surface area contributed by atoms with Crippen molar-refractivity contribution in [2.45, 2.75) is 13.8 Å². The monoisotopic (exact) mass is 450 g/mol. The van der Waals surface area contributed by atoms with E-state index in [1.165, 1.54) is 0 Å². The third kappa shape index (κ3) is 8.46. The number of aliphatic imine (C=N–C) groups is 1. The fraction of sp³-hybridized carbons (Fsp3) is 0.917. The van der Waals surface area contributed by atoms with Gasteiger partial charge in [-0.3, -0.25) is 4.99 Å². The highest BCUT2D eigenvalue weighted by Gasteiger charge is 2.23. The van der Waals surface area contributed by atoms with Gasteiger partial charge in [0.05, 0.1) is 5.75 Å². The minimum Gasteiger partial charge on any atom is -0.356 e. The maximum Gasteiger partial charge on any atom is 0.215 e. The molecule has 0 radical (unpaired) electrons. The van der Waals surface area contributed by atoms with Gasteiger partial charge in [-0.2, -0.15) is 11.8 Å². The predicted octanol–water partition coefficient (Wildman–Crippen LogP) is 0.804. The second-order valence-corrected chi connectivity index (χ2v) is 8.41. The van der Waals surface area contributed by atoms with Gasteiger partial charge in [0.2, 0.25) is 10.0 Å². The molecule has 0 spiro atoms. The summed E-state index contributed by atoms with van der Waals surface area (Å²) in [4.78, 5) is 4.07. The molecule has 1 aliphatic heterocycles. The Balaban J connectivity index is 0.00000400. The molecule has 0 aromatic carbocycles. The number of nitrogens with one attached hydrogen (secondary N) is 2. The Hall–Kier alpha value is 0.260. The first-order valence-corrected chi connectivity index (χ1v) is 9.72. The van der Waals surface area contributed by atoms with Gasteiger partial charge in [0.1, 0.15) is 0 Å². The fourth-order valence-corrected chi connectivity index (χ4v) is 4.27. The second kappa shape index (κ2) is 10.9. The van der Waals surface area contributed by atoms with Crippen molar-refractivity contribution in [3.63, 3.8) is 0 Å². The van der Waals surface area contributed by atoms with E-state index in [0.717, 1.165) is 18.1 Å². The van der Waals surface area contributed by atoms with Crippen LogP contribution in [0.1, 0.15) is 13.8 Å². The molecule has 0 aromatic heterocycles. The molecule has 0 saturated carbocycles. The molecule has 0 atom stereocenters. The Bertz CT molecular complexity index is 409. The van der Waals surface area contributed by atoms with E-state index in [1.54, 1.807) is 23.1 Å². The Morgan fingerprint density at radius 3 is 2.43 bits per heavy atom. The number of hydrogen-bond acceptors (Lipinski definition) is 4. The number of hydrogen-bond donors (Lipinski definition) is 2. The largest absolute Gasteiger partial charge is 0.356 e. The summed E-state index contributed by atoms with van der Waals surface area (Å²) in [6, 6.07) is 0. The summed E-state index contributed by atoms with van der Waals surface area (Å²) in [5.41, 5.74) is 0. The smallest absolute Gasteiger partial charge is 0.215 e. The third-order valence-electron chi connectivity index (χ3n) is 2.92. The maximum absolute atomic E-state index is 12.1. The van der Waals surface area contributed by atoms with Crippen molar-refractivity contribution >= 4 is 51.7 Å². The molecule has 0 bridgehead atoms. The van der Waals surface area contributed by atoms with Crippen LogP contribution >= 0.6 is 35.7 Å². The minimum absolute atomic E-state index is 0. The highest BCUT2D eigenvalue weighted by Crippen LogP contribution is 2.12. The van der Waals surface area contributed by atoms with Crippen molar-refractivity contribution in [2.75, 3.05) is 50.5 Å². The molecule has 1 heterocycles. The van der Waals surface area contributed by atoms with E-state index < -0.39 is 10.0 Å². The van der Waals surface area contributed by atoms with Gasteiger partial charge in [0, 0.05) is 44.7 Å². The van der Waals surface area contributed by atoms with E-state index in [4.69, 9.17) is 0 Å². The zero-order chi connectivity index (χ0) is 15.0. The zero-order valence-electron chi connectivity index (χ0n) is 13.0. The van der Waals surface area contributed by atoms with Gasteiger partial charge in [0.25, 0.3) is 0 Å². The number of rotatable bonds is 6. The number of guanidine groups is 1. The summed E-state index contributed by atoms with van der Waals surface area (Å²) in [5.74, 6) is 3.07. The van der Waals surface area contributed by atoms with Gasteiger partial charge in [-0.1, -0.05) is 13.8 Å². The average Bonchev–Trinajstić information content (AvgIpc) is 2.43. The molecule has 0 aliphatic carbocycles. The molecular weight excluding hydrogens is 423 g/mol. The zero-order valence-corrected chi connectivity index (χ0v) is 16.9. The molecule has 21 heavy (non-hydrogen) atoms. The van der Waals surface area contributed by atoms with E-state index in [-0.39, 0.29) is 29.7 Å². The van der Waals surface area contributed by atoms with Crippen molar-refractivity contribution in [1.82, 2.24) is 14.9 Å². The topological polar surface area (TPSA) is 73.8 Å². The first-order valence-electron chi connectivity index (χ1n) is 6.96. The van der Waals surface area contributed by atoms with Crippen LogP contribution < -0.4 is 10.6 Å². The van der Waals surface area contributed by atoms with E-state index in [1.807, 2.05) is 0 Å². The first kappa shape index (κ1) is 21.3. The Kier molecular flexibility index (Phi) is 11.0. The lowest BCUT2D eigenvalue weighted by molar-refractivity contribution is 0.443. The molecule has 0 aromatic rings. The van der Waals surface area contributed by atoms with Crippen molar-refractivity contribution in [2.24, 2.45) is 10.9 Å². The molecule has 126 valence electrons. The van der Waals surface area contributed by atoms with E-state index >= 15 is 0 Å². The summed E-state index contributed by atoms with van der Waals surface area (Å²) < 4.78 is 25.9. The highest BCUT2D eigenvalue weighted by atomic mass is 127. The summed E-state index contributed by atoms with van der Waals surface area (Å²) in [7, 11) is -1.46. The fourth-order valence-electron chi connectivity index (χ4n) is 1.77. The average molecular weight is 450 g/mol. The van der Waals surface area contributed by atoms with Crippen molar-refractivity contribution in [3.8, 4) is 0 Å². The number of sulfonamides is 1. The van der Waals surface area contributed by atoms with Crippen LogP contribution in [-0.4, -0.2) is 69.2 Å². The summed E-state index contributed by atoms with van der Waals surface area (Å²) in [6.07, 6.45) is 0. The lowest BCUT2D eigenvalue weighted by Gasteiger charge is -2.25. The van der Waals surface area contributed by atoms with Crippen molar-refractivity contribution in [3.05, 3.63) is 0 Å². The van der Waals surface area contributed by atoms with E-state index in [2.05, 4.69) is 29.5 Å². The summed E-state index contributed by atoms with van der Waals surface area (Å²) in [6.45, 7) is 6.68. The number of nitrogens with zero attached hydrogens (tertiary/aromatic N) is 2. The SMILES string of the molecule is CN=C(NCCS(=O)(=O)N1CCSCC1)NCC(C)C.I. The van der Waals surface area contributed by atoms with Gasteiger partial charge in [-0.15, -0.1) is 24.0 Å². The van der Waals surface area contributed by atoms with Gasteiger partial charge >= 0.3 is 0 Å². The van der Waals surface area contributed by atoms with Crippen LogP contribution in [0, 0.1) is 5.92 Å². The molecule has 2 N–H and O–H groups in total. The van der Waals surface area contributed by atoms with Crippen LogP contribution in [-0.2, 0) is 10.0 Å². The standard InChI is InChI=1S/C12H26N4O2S2.HI/c1-11(2)10-15-12(13-3)14-4-9-20(17,18)16-5-7-19-8-6-16;/h11H,4-10H2,1-3H3,(H2,13,14,15);1H. The van der Waals surface area contributed by atoms with Crippen molar-refractivity contribution in [1.29, 1.82) is 0 Å². The molecule has 9 heteroatoms. The predicted molar refractivity (Wildman–Crippen MR) is 102 cm³/mol. The molecular formula is C12H27IN4O2S2.